The second-order valence-corrected chi connectivity index (χ2v) is 7.58. The molecule has 0 aromatic carbocycles. The number of carboxylic acids is 1. The number of carbonyl (C=O) groups is 1. The topological polar surface area (TPSA) is 37.3 Å². The quantitative estimate of drug-likeness (QED) is 0.701. The maximum absolute atomic E-state index is 13.2. The van der Waals surface area contributed by atoms with Gasteiger partial charge in [0.05, 0.1) is 5.92 Å². The molecule has 0 aliphatic heterocycles. The second-order valence-electron chi connectivity index (χ2n) is 7.58. The van der Waals surface area contributed by atoms with Gasteiger partial charge in [0, 0.05) is 6.42 Å². The minimum Gasteiger partial charge on any atom is -0.481 e. The van der Waals surface area contributed by atoms with Crippen LogP contribution in [0.2, 0.25) is 0 Å². The fraction of sp³-hybridized carbons (Fsp3) is 0.944. The summed E-state index contributed by atoms with van der Waals surface area (Å²) in [5.41, 5.74) is -0.294. The largest absolute Gasteiger partial charge is 0.481 e. The Kier molecular flexibility index (Phi) is 6.22. The molecule has 22 heavy (non-hydrogen) atoms. The summed E-state index contributed by atoms with van der Waals surface area (Å²) in [7, 11) is 0. The van der Waals surface area contributed by atoms with Crippen molar-refractivity contribution in [3.63, 3.8) is 0 Å². The predicted molar refractivity (Wildman–Crippen MR) is 83.0 cm³/mol. The van der Waals surface area contributed by atoms with Crippen LogP contribution in [0, 0.1) is 23.2 Å². The van der Waals surface area contributed by atoms with E-state index in [1.54, 1.807) is 0 Å². The van der Waals surface area contributed by atoms with E-state index in [-0.39, 0.29) is 17.8 Å². The fourth-order valence-electron chi connectivity index (χ4n) is 5.00. The molecular formula is C18H30F2O2. The van der Waals surface area contributed by atoms with Crippen molar-refractivity contribution in [2.24, 2.45) is 23.2 Å². The van der Waals surface area contributed by atoms with Gasteiger partial charge in [-0.3, -0.25) is 4.79 Å². The molecule has 1 N–H and O–H groups in total. The lowest BCUT2D eigenvalue weighted by atomic mass is 9.57. The first-order valence-electron chi connectivity index (χ1n) is 8.98. The van der Waals surface area contributed by atoms with Gasteiger partial charge in [-0.1, -0.05) is 32.6 Å². The molecule has 0 heterocycles. The van der Waals surface area contributed by atoms with Gasteiger partial charge < -0.3 is 5.11 Å². The highest BCUT2D eigenvalue weighted by Crippen LogP contribution is 2.53. The van der Waals surface area contributed by atoms with Gasteiger partial charge in [-0.2, -0.15) is 0 Å². The number of hydrogen-bond donors (Lipinski definition) is 1. The zero-order valence-corrected chi connectivity index (χ0v) is 13.7. The van der Waals surface area contributed by atoms with Gasteiger partial charge in [-0.25, -0.2) is 8.78 Å². The Morgan fingerprint density at radius 3 is 2.18 bits per heavy atom. The summed E-state index contributed by atoms with van der Waals surface area (Å²) < 4.78 is 26.3. The van der Waals surface area contributed by atoms with Crippen LogP contribution in [0.25, 0.3) is 0 Å². The molecule has 0 radical (unpaired) electrons. The van der Waals surface area contributed by atoms with Crippen molar-refractivity contribution < 1.29 is 18.7 Å². The molecule has 2 rings (SSSR count). The third-order valence-corrected chi connectivity index (χ3v) is 6.30. The molecular weight excluding hydrogens is 286 g/mol. The Hall–Kier alpha value is -0.670. The lowest BCUT2D eigenvalue weighted by molar-refractivity contribution is -0.144. The second kappa shape index (κ2) is 7.74. The van der Waals surface area contributed by atoms with E-state index >= 15 is 0 Å². The Morgan fingerprint density at radius 1 is 1.14 bits per heavy atom. The Labute approximate surface area is 132 Å². The maximum Gasteiger partial charge on any atom is 0.306 e. The van der Waals surface area contributed by atoms with E-state index in [0.29, 0.717) is 31.6 Å². The normalized spacial score (nSPS) is 36.5. The molecule has 0 aromatic rings. The molecule has 2 aliphatic carbocycles. The smallest absolute Gasteiger partial charge is 0.306 e. The van der Waals surface area contributed by atoms with E-state index in [9.17, 15) is 13.6 Å². The van der Waals surface area contributed by atoms with Gasteiger partial charge >= 0.3 is 5.97 Å². The Morgan fingerprint density at radius 2 is 1.73 bits per heavy atom. The first kappa shape index (κ1) is 17.7. The number of aliphatic carboxylic acids is 1. The van der Waals surface area contributed by atoms with Crippen molar-refractivity contribution in [2.75, 3.05) is 0 Å². The molecule has 0 spiro atoms. The van der Waals surface area contributed by atoms with E-state index in [2.05, 4.69) is 6.92 Å². The summed E-state index contributed by atoms with van der Waals surface area (Å²) in [4.78, 5) is 11.1. The zero-order chi connectivity index (χ0) is 16.2. The van der Waals surface area contributed by atoms with Gasteiger partial charge in [-0.05, 0) is 55.8 Å². The van der Waals surface area contributed by atoms with Gasteiger partial charge in [-0.15, -0.1) is 0 Å². The third-order valence-electron chi connectivity index (χ3n) is 6.30. The summed E-state index contributed by atoms with van der Waals surface area (Å²) in [6, 6.07) is 0. The average Bonchev–Trinajstić information content (AvgIpc) is 2.48. The first-order chi connectivity index (χ1) is 10.5. The van der Waals surface area contributed by atoms with Crippen molar-refractivity contribution in [1.29, 1.82) is 0 Å². The molecule has 2 fully saturated rings. The van der Waals surface area contributed by atoms with E-state index < -0.39 is 12.4 Å². The molecule has 0 bridgehead atoms. The third kappa shape index (κ3) is 4.20. The average molecular weight is 316 g/mol. The van der Waals surface area contributed by atoms with Crippen molar-refractivity contribution >= 4 is 5.97 Å². The van der Waals surface area contributed by atoms with Crippen LogP contribution in [-0.2, 0) is 4.79 Å². The summed E-state index contributed by atoms with van der Waals surface area (Å²) in [6.07, 6.45) is 7.16. The first-order valence-corrected chi connectivity index (χ1v) is 8.98. The van der Waals surface area contributed by atoms with E-state index in [1.807, 2.05) is 0 Å². The minimum atomic E-state index is -2.27. The van der Waals surface area contributed by atoms with Crippen LogP contribution in [0.15, 0.2) is 0 Å². The molecule has 0 amide bonds. The van der Waals surface area contributed by atoms with Gasteiger partial charge in [0.15, 0.2) is 0 Å². The van der Waals surface area contributed by atoms with Gasteiger partial charge in [0.2, 0.25) is 6.43 Å². The number of alkyl halides is 2. The Balaban J connectivity index is 2.00. The van der Waals surface area contributed by atoms with Crippen LogP contribution in [0.5, 0.6) is 0 Å². The van der Waals surface area contributed by atoms with E-state index in [1.165, 1.54) is 25.7 Å². The molecule has 0 unspecified atom stereocenters. The van der Waals surface area contributed by atoms with Gasteiger partial charge in [0.25, 0.3) is 0 Å². The van der Waals surface area contributed by atoms with Gasteiger partial charge in [0.1, 0.15) is 0 Å². The van der Waals surface area contributed by atoms with E-state index in [4.69, 9.17) is 5.11 Å². The summed E-state index contributed by atoms with van der Waals surface area (Å²) in [6.45, 7) is 2.21. The maximum atomic E-state index is 13.2. The summed E-state index contributed by atoms with van der Waals surface area (Å²) in [5, 5.41) is 9.15. The lowest BCUT2D eigenvalue weighted by Crippen LogP contribution is -2.40. The van der Waals surface area contributed by atoms with Crippen LogP contribution in [0.3, 0.4) is 0 Å². The summed E-state index contributed by atoms with van der Waals surface area (Å²) >= 11 is 0. The predicted octanol–water partition coefficient (Wildman–Crippen LogP) is 5.51. The van der Waals surface area contributed by atoms with Crippen molar-refractivity contribution in [3.8, 4) is 0 Å². The van der Waals surface area contributed by atoms with Crippen molar-refractivity contribution in [2.45, 2.75) is 84.0 Å². The van der Waals surface area contributed by atoms with Crippen LogP contribution in [-0.4, -0.2) is 17.5 Å². The number of hydrogen-bond acceptors (Lipinski definition) is 1. The minimum absolute atomic E-state index is 0.0253. The molecule has 0 saturated heterocycles. The number of rotatable bonds is 6. The number of halogens is 2. The van der Waals surface area contributed by atoms with Crippen LogP contribution < -0.4 is 0 Å². The number of carboxylic acid groups (broad SMARTS) is 1. The van der Waals surface area contributed by atoms with E-state index in [0.717, 1.165) is 18.8 Å². The highest BCUT2D eigenvalue weighted by atomic mass is 19.3. The summed E-state index contributed by atoms with van der Waals surface area (Å²) in [5.74, 6) is 0.0871. The Bertz CT molecular complexity index is 354. The van der Waals surface area contributed by atoms with Crippen molar-refractivity contribution in [1.82, 2.24) is 0 Å². The van der Waals surface area contributed by atoms with Crippen LogP contribution in [0.4, 0.5) is 8.78 Å². The molecule has 2 saturated carbocycles. The molecule has 2 nitrogen and oxygen atoms in total. The molecule has 2 aliphatic rings. The molecule has 128 valence electrons. The highest BCUT2D eigenvalue weighted by Gasteiger charge is 2.45. The monoisotopic (exact) mass is 316 g/mol. The van der Waals surface area contributed by atoms with Crippen LogP contribution in [0.1, 0.15) is 77.6 Å². The van der Waals surface area contributed by atoms with Crippen LogP contribution >= 0.6 is 0 Å². The van der Waals surface area contributed by atoms with Crippen molar-refractivity contribution in [3.05, 3.63) is 0 Å². The highest BCUT2D eigenvalue weighted by molar-refractivity contribution is 5.70. The molecule has 0 atom stereocenters. The molecule has 0 aromatic heterocycles. The SMILES string of the molecule is CCCC1CCC(C2(CC(F)F)CCC(C(=O)O)CC2)CC1. The standard InChI is InChI=1S/C18H30F2O2/c1-2-3-13-4-6-15(7-5-13)18(12-16(19)20)10-8-14(9-11-18)17(21)22/h13-16H,2-12H2,1H3,(H,21,22). The fourth-order valence-corrected chi connectivity index (χ4v) is 5.00. The lowest BCUT2D eigenvalue weighted by Gasteiger charge is -2.47. The molecule has 4 heteroatoms. The zero-order valence-electron chi connectivity index (χ0n) is 13.7.